The summed E-state index contributed by atoms with van der Waals surface area (Å²) in [6.07, 6.45) is 0.334. The Labute approximate surface area is 114 Å². The molecule has 0 aromatic heterocycles. The van der Waals surface area contributed by atoms with E-state index in [0.717, 1.165) is 0 Å². The molecule has 0 unspecified atom stereocenters. The standard InChI is InChI=1S/C11H10Cl3NO2/c1-2-9(16)7-5-3-4-6-8(7)15-10(17)11(12,13)14/h3-6H,2H2,1H3,(H,15,17). The number of alkyl halides is 3. The molecule has 0 aliphatic rings. The van der Waals surface area contributed by atoms with Crippen LogP contribution in [0.4, 0.5) is 5.69 Å². The summed E-state index contributed by atoms with van der Waals surface area (Å²) in [6.45, 7) is 1.73. The zero-order valence-electron chi connectivity index (χ0n) is 8.97. The van der Waals surface area contributed by atoms with Crippen LogP contribution in [0, 0.1) is 0 Å². The molecular formula is C11H10Cl3NO2. The van der Waals surface area contributed by atoms with Crippen LogP contribution in [0.3, 0.4) is 0 Å². The highest BCUT2D eigenvalue weighted by atomic mass is 35.6. The Balaban J connectivity index is 2.99. The Morgan fingerprint density at radius 1 is 1.24 bits per heavy atom. The number of benzene rings is 1. The Morgan fingerprint density at radius 3 is 2.35 bits per heavy atom. The number of nitrogens with one attached hydrogen (secondary N) is 1. The SMILES string of the molecule is CCC(=O)c1ccccc1NC(=O)C(Cl)(Cl)Cl. The van der Waals surface area contributed by atoms with Gasteiger partial charge in [0.1, 0.15) is 0 Å². The van der Waals surface area contributed by atoms with Gasteiger partial charge in [-0.2, -0.15) is 0 Å². The molecule has 1 amide bonds. The van der Waals surface area contributed by atoms with Gasteiger partial charge in [0.25, 0.3) is 9.70 Å². The van der Waals surface area contributed by atoms with Gasteiger partial charge in [0.05, 0.1) is 5.69 Å². The average Bonchev–Trinajstić information content (AvgIpc) is 2.27. The molecule has 1 rings (SSSR count). The Kier molecular flexibility index (Phi) is 4.80. The minimum absolute atomic E-state index is 0.0924. The zero-order valence-corrected chi connectivity index (χ0v) is 11.2. The fourth-order valence-electron chi connectivity index (χ4n) is 1.22. The van der Waals surface area contributed by atoms with Gasteiger partial charge >= 0.3 is 0 Å². The number of carbonyl (C=O) groups is 2. The molecule has 0 saturated carbocycles. The largest absolute Gasteiger partial charge is 0.322 e. The fraction of sp³-hybridized carbons (Fsp3) is 0.273. The summed E-state index contributed by atoms with van der Waals surface area (Å²) in [5.41, 5.74) is 0.744. The molecule has 0 radical (unpaired) electrons. The van der Waals surface area contributed by atoms with Gasteiger partial charge in [0.2, 0.25) is 0 Å². The molecule has 92 valence electrons. The van der Waals surface area contributed by atoms with Crippen molar-refractivity contribution >= 4 is 52.2 Å². The van der Waals surface area contributed by atoms with Crippen molar-refractivity contribution in [3.63, 3.8) is 0 Å². The third-order valence-corrected chi connectivity index (χ3v) is 2.57. The first kappa shape index (κ1) is 14.3. The molecule has 0 spiro atoms. The Hall–Kier alpha value is -0.770. The van der Waals surface area contributed by atoms with Crippen LogP contribution >= 0.6 is 34.8 Å². The molecule has 0 saturated heterocycles. The van der Waals surface area contributed by atoms with Crippen molar-refractivity contribution < 1.29 is 9.59 Å². The van der Waals surface area contributed by atoms with Crippen LogP contribution in [0.5, 0.6) is 0 Å². The van der Waals surface area contributed by atoms with E-state index in [1.807, 2.05) is 0 Å². The lowest BCUT2D eigenvalue weighted by Gasteiger charge is -2.13. The van der Waals surface area contributed by atoms with Crippen LogP contribution in [-0.4, -0.2) is 15.5 Å². The first-order valence-corrected chi connectivity index (χ1v) is 6.00. The maximum atomic E-state index is 11.6. The van der Waals surface area contributed by atoms with Gasteiger partial charge < -0.3 is 5.32 Å². The molecule has 0 fully saturated rings. The number of rotatable bonds is 3. The van der Waals surface area contributed by atoms with Crippen molar-refractivity contribution in [1.29, 1.82) is 0 Å². The van der Waals surface area contributed by atoms with E-state index < -0.39 is 9.70 Å². The molecule has 0 atom stereocenters. The number of hydrogen-bond acceptors (Lipinski definition) is 2. The predicted octanol–water partition coefficient (Wildman–Crippen LogP) is 3.59. The van der Waals surface area contributed by atoms with Crippen LogP contribution in [0.15, 0.2) is 24.3 Å². The molecular weight excluding hydrogens is 284 g/mol. The molecule has 0 aliphatic carbocycles. The number of carbonyl (C=O) groups excluding carboxylic acids is 2. The highest BCUT2D eigenvalue weighted by molar-refractivity contribution is 6.76. The van der Waals surface area contributed by atoms with Crippen molar-refractivity contribution in [2.45, 2.75) is 17.1 Å². The normalized spacial score (nSPS) is 11.1. The average molecular weight is 295 g/mol. The molecule has 1 aromatic rings. The van der Waals surface area contributed by atoms with Crippen molar-refractivity contribution in [1.82, 2.24) is 0 Å². The Bertz CT molecular complexity index is 441. The van der Waals surface area contributed by atoms with E-state index in [2.05, 4.69) is 5.32 Å². The van der Waals surface area contributed by atoms with E-state index in [1.54, 1.807) is 31.2 Å². The maximum absolute atomic E-state index is 11.6. The molecule has 3 nitrogen and oxygen atoms in total. The van der Waals surface area contributed by atoms with Crippen molar-refractivity contribution in [2.24, 2.45) is 0 Å². The first-order chi connectivity index (χ1) is 7.86. The van der Waals surface area contributed by atoms with Crippen molar-refractivity contribution in [3.8, 4) is 0 Å². The Morgan fingerprint density at radius 2 is 1.82 bits per heavy atom. The summed E-state index contributed by atoms with van der Waals surface area (Å²) < 4.78 is -2.05. The van der Waals surface area contributed by atoms with E-state index in [4.69, 9.17) is 34.8 Å². The topological polar surface area (TPSA) is 46.2 Å². The molecule has 1 N–H and O–H groups in total. The molecule has 0 heterocycles. The minimum atomic E-state index is -2.05. The summed E-state index contributed by atoms with van der Waals surface area (Å²) in [7, 11) is 0. The lowest BCUT2D eigenvalue weighted by molar-refractivity contribution is -0.115. The number of halogens is 3. The van der Waals surface area contributed by atoms with Crippen molar-refractivity contribution in [3.05, 3.63) is 29.8 Å². The van der Waals surface area contributed by atoms with Gasteiger partial charge in [-0.05, 0) is 12.1 Å². The van der Waals surface area contributed by atoms with E-state index in [-0.39, 0.29) is 5.78 Å². The highest BCUT2D eigenvalue weighted by Gasteiger charge is 2.31. The second-order valence-electron chi connectivity index (χ2n) is 3.27. The van der Waals surface area contributed by atoms with Crippen LogP contribution < -0.4 is 5.32 Å². The summed E-state index contributed by atoms with van der Waals surface area (Å²) >= 11 is 16.3. The number of ketones is 1. The quantitative estimate of drug-likeness (QED) is 0.684. The van der Waals surface area contributed by atoms with Gasteiger partial charge in [-0.1, -0.05) is 53.9 Å². The van der Waals surface area contributed by atoms with Gasteiger partial charge in [-0.3, -0.25) is 9.59 Å². The predicted molar refractivity (Wildman–Crippen MR) is 70.0 cm³/mol. The summed E-state index contributed by atoms with van der Waals surface area (Å²) in [6, 6.07) is 6.57. The third-order valence-electron chi connectivity index (χ3n) is 2.05. The number of anilines is 1. The smallest absolute Gasteiger partial charge is 0.276 e. The van der Waals surface area contributed by atoms with E-state index in [1.165, 1.54) is 0 Å². The van der Waals surface area contributed by atoms with E-state index >= 15 is 0 Å². The van der Waals surface area contributed by atoms with E-state index in [9.17, 15) is 9.59 Å². The number of hydrogen-bond donors (Lipinski definition) is 1. The summed E-state index contributed by atoms with van der Waals surface area (Å²) in [5.74, 6) is -0.885. The number of para-hydroxylation sites is 1. The van der Waals surface area contributed by atoms with Crippen LogP contribution in [0.25, 0.3) is 0 Å². The first-order valence-electron chi connectivity index (χ1n) is 4.86. The van der Waals surface area contributed by atoms with Crippen molar-refractivity contribution in [2.75, 3.05) is 5.32 Å². The van der Waals surface area contributed by atoms with Gasteiger partial charge in [0, 0.05) is 12.0 Å². The van der Waals surface area contributed by atoms with Gasteiger partial charge in [-0.15, -0.1) is 0 Å². The minimum Gasteiger partial charge on any atom is -0.322 e. The molecule has 0 bridgehead atoms. The fourth-order valence-corrected chi connectivity index (χ4v) is 1.36. The second-order valence-corrected chi connectivity index (χ2v) is 5.56. The molecule has 1 aromatic carbocycles. The van der Waals surface area contributed by atoms with Crippen LogP contribution in [0.2, 0.25) is 0 Å². The monoisotopic (exact) mass is 293 g/mol. The second kappa shape index (κ2) is 5.71. The third kappa shape index (κ3) is 3.87. The lowest BCUT2D eigenvalue weighted by Crippen LogP contribution is -2.27. The van der Waals surface area contributed by atoms with Gasteiger partial charge in [-0.25, -0.2) is 0 Å². The lowest BCUT2D eigenvalue weighted by atomic mass is 10.1. The van der Waals surface area contributed by atoms with E-state index in [0.29, 0.717) is 17.7 Å². The highest BCUT2D eigenvalue weighted by Crippen LogP contribution is 2.28. The molecule has 6 heteroatoms. The van der Waals surface area contributed by atoms with Crippen LogP contribution in [-0.2, 0) is 4.79 Å². The summed E-state index contributed by atoms with van der Waals surface area (Å²) in [4.78, 5) is 23.1. The summed E-state index contributed by atoms with van der Waals surface area (Å²) in [5, 5.41) is 2.41. The molecule has 0 aliphatic heterocycles. The maximum Gasteiger partial charge on any atom is 0.276 e. The van der Waals surface area contributed by atoms with Gasteiger partial charge in [0.15, 0.2) is 5.78 Å². The molecule has 17 heavy (non-hydrogen) atoms. The zero-order chi connectivity index (χ0) is 13.1. The van der Waals surface area contributed by atoms with Crippen LogP contribution in [0.1, 0.15) is 23.7 Å². The number of amides is 1. The number of Topliss-reactive ketones (excluding diaryl/α,β-unsaturated/α-hetero) is 1.